The first-order chi connectivity index (χ1) is 14.2. The minimum Gasteiger partial charge on any atom is -0.251 e. The fourth-order valence-electron chi connectivity index (χ4n) is 6.53. The highest BCUT2D eigenvalue weighted by molar-refractivity contribution is 5.30. The van der Waals surface area contributed by atoms with E-state index < -0.39 is 0 Å². The van der Waals surface area contributed by atoms with Crippen molar-refractivity contribution in [3.63, 3.8) is 0 Å². The number of allylic oxidation sites excluding steroid dienone is 1. The first kappa shape index (κ1) is 21.1. The summed E-state index contributed by atoms with van der Waals surface area (Å²) in [6, 6.07) is 6.07. The molecule has 160 valence electrons. The van der Waals surface area contributed by atoms with Crippen molar-refractivity contribution in [2.24, 2.45) is 23.7 Å². The summed E-state index contributed by atoms with van der Waals surface area (Å²) in [4.78, 5) is 0. The molecule has 3 fully saturated rings. The first-order valence-electron chi connectivity index (χ1n) is 12.2. The van der Waals surface area contributed by atoms with Gasteiger partial charge in [0.1, 0.15) is 5.82 Å². The molecule has 0 aromatic heterocycles. The highest BCUT2D eigenvalue weighted by atomic mass is 19.1. The van der Waals surface area contributed by atoms with Gasteiger partial charge in [-0.25, -0.2) is 4.39 Å². The van der Waals surface area contributed by atoms with Gasteiger partial charge in [0.25, 0.3) is 0 Å². The van der Waals surface area contributed by atoms with Crippen LogP contribution in [0.4, 0.5) is 8.78 Å². The van der Waals surface area contributed by atoms with E-state index in [-0.39, 0.29) is 24.3 Å². The second-order valence-electron chi connectivity index (χ2n) is 10.2. The van der Waals surface area contributed by atoms with Gasteiger partial charge in [-0.2, -0.15) is 0 Å². The summed E-state index contributed by atoms with van der Waals surface area (Å²) < 4.78 is 27.8. The standard InChI is InChI=1S/C27H38F2/c1-2-19-3-7-21(8-4-19)22-11-13-23(14-12-22)25-15-16-26(27(29)17-25)24-9-5-20(18-28)6-10-24/h2,15-17,19-24H,1,3-14,18H2. The van der Waals surface area contributed by atoms with Crippen LogP contribution in [0.3, 0.4) is 0 Å². The van der Waals surface area contributed by atoms with Crippen molar-refractivity contribution in [1.82, 2.24) is 0 Å². The molecule has 1 aromatic carbocycles. The summed E-state index contributed by atoms with van der Waals surface area (Å²) in [5, 5.41) is 0. The summed E-state index contributed by atoms with van der Waals surface area (Å²) in [5.74, 6) is 3.54. The molecule has 29 heavy (non-hydrogen) atoms. The summed E-state index contributed by atoms with van der Waals surface area (Å²) in [6.45, 7) is 3.75. The maximum absolute atomic E-state index is 14.9. The van der Waals surface area contributed by atoms with Gasteiger partial charge in [0.05, 0.1) is 6.67 Å². The number of benzene rings is 1. The van der Waals surface area contributed by atoms with Crippen LogP contribution in [0.2, 0.25) is 0 Å². The quantitative estimate of drug-likeness (QED) is 0.436. The molecule has 0 aliphatic heterocycles. The Bertz CT molecular complexity index is 657. The lowest BCUT2D eigenvalue weighted by Gasteiger charge is -2.37. The average molecular weight is 401 g/mol. The van der Waals surface area contributed by atoms with Crippen LogP contribution in [-0.4, -0.2) is 6.67 Å². The van der Waals surface area contributed by atoms with Crippen LogP contribution < -0.4 is 0 Å². The molecular weight excluding hydrogens is 362 g/mol. The lowest BCUT2D eigenvalue weighted by molar-refractivity contribution is 0.171. The van der Waals surface area contributed by atoms with Crippen molar-refractivity contribution in [3.05, 3.63) is 47.8 Å². The fourth-order valence-corrected chi connectivity index (χ4v) is 6.53. The lowest BCUT2D eigenvalue weighted by Crippen LogP contribution is -2.25. The van der Waals surface area contributed by atoms with E-state index in [1.165, 1.54) is 56.9 Å². The second kappa shape index (κ2) is 9.75. The van der Waals surface area contributed by atoms with Crippen molar-refractivity contribution in [2.75, 3.05) is 6.67 Å². The molecule has 3 saturated carbocycles. The number of alkyl halides is 1. The molecule has 0 spiro atoms. The summed E-state index contributed by atoms with van der Waals surface area (Å²) in [5.41, 5.74) is 2.08. The Hall–Kier alpha value is -1.18. The van der Waals surface area contributed by atoms with Crippen LogP contribution in [-0.2, 0) is 0 Å². The minimum atomic E-state index is -0.216. The molecule has 4 rings (SSSR count). The zero-order valence-corrected chi connectivity index (χ0v) is 17.9. The molecule has 0 nitrogen and oxygen atoms in total. The van der Waals surface area contributed by atoms with E-state index in [0.717, 1.165) is 49.0 Å². The zero-order chi connectivity index (χ0) is 20.2. The van der Waals surface area contributed by atoms with E-state index in [4.69, 9.17) is 0 Å². The molecule has 2 heteroatoms. The third kappa shape index (κ3) is 4.94. The predicted molar refractivity (Wildman–Crippen MR) is 117 cm³/mol. The SMILES string of the molecule is C=CC1CCC(C2CCC(c3ccc(C4CCC(CF)CC4)c(F)c3)CC2)CC1. The Morgan fingerprint density at radius 2 is 1.38 bits per heavy atom. The van der Waals surface area contributed by atoms with Crippen molar-refractivity contribution in [2.45, 2.75) is 88.9 Å². The van der Waals surface area contributed by atoms with E-state index in [1.54, 1.807) is 0 Å². The fraction of sp³-hybridized carbons (Fsp3) is 0.704. The first-order valence-corrected chi connectivity index (χ1v) is 12.2. The third-order valence-corrected chi connectivity index (χ3v) is 8.59. The van der Waals surface area contributed by atoms with Crippen molar-refractivity contribution >= 4 is 0 Å². The molecule has 3 aliphatic rings. The van der Waals surface area contributed by atoms with Gasteiger partial charge in [0, 0.05) is 0 Å². The van der Waals surface area contributed by atoms with E-state index >= 15 is 0 Å². The zero-order valence-electron chi connectivity index (χ0n) is 17.9. The van der Waals surface area contributed by atoms with Crippen LogP contribution in [0.15, 0.2) is 30.9 Å². The monoisotopic (exact) mass is 400 g/mol. The molecule has 0 radical (unpaired) electrons. The van der Waals surface area contributed by atoms with Gasteiger partial charge in [-0.05, 0) is 130 Å². The largest absolute Gasteiger partial charge is 0.251 e. The van der Waals surface area contributed by atoms with Crippen molar-refractivity contribution in [1.29, 1.82) is 0 Å². The van der Waals surface area contributed by atoms with Crippen LogP contribution in [0.5, 0.6) is 0 Å². The summed E-state index contributed by atoms with van der Waals surface area (Å²) in [6.07, 6.45) is 16.3. The predicted octanol–water partition coefficient (Wildman–Crippen LogP) is 8.34. The Balaban J connectivity index is 1.31. The normalized spacial score (nSPS) is 35.9. The Morgan fingerprint density at radius 3 is 1.93 bits per heavy atom. The van der Waals surface area contributed by atoms with E-state index in [0.29, 0.717) is 5.92 Å². The second-order valence-corrected chi connectivity index (χ2v) is 10.2. The van der Waals surface area contributed by atoms with Crippen LogP contribution in [0.25, 0.3) is 0 Å². The summed E-state index contributed by atoms with van der Waals surface area (Å²) in [7, 11) is 0. The van der Waals surface area contributed by atoms with Gasteiger partial charge >= 0.3 is 0 Å². The molecule has 0 unspecified atom stereocenters. The number of rotatable bonds is 5. The molecule has 0 bridgehead atoms. The molecule has 0 atom stereocenters. The highest BCUT2D eigenvalue weighted by Crippen LogP contribution is 2.45. The maximum atomic E-state index is 14.9. The molecule has 1 aromatic rings. The highest BCUT2D eigenvalue weighted by Gasteiger charge is 2.31. The van der Waals surface area contributed by atoms with E-state index in [2.05, 4.69) is 18.7 Å². The van der Waals surface area contributed by atoms with Gasteiger partial charge in [0.15, 0.2) is 0 Å². The third-order valence-electron chi connectivity index (χ3n) is 8.59. The van der Waals surface area contributed by atoms with E-state index in [1.807, 2.05) is 12.1 Å². The van der Waals surface area contributed by atoms with Crippen molar-refractivity contribution < 1.29 is 8.78 Å². The Morgan fingerprint density at radius 1 is 0.793 bits per heavy atom. The minimum absolute atomic E-state index is 0.0175. The smallest absolute Gasteiger partial charge is 0.126 e. The van der Waals surface area contributed by atoms with Gasteiger partial charge in [0.2, 0.25) is 0 Å². The molecule has 0 heterocycles. The molecule has 3 aliphatic carbocycles. The van der Waals surface area contributed by atoms with Gasteiger partial charge < -0.3 is 0 Å². The lowest BCUT2D eigenvalue weighted by atomic mass is 9.68. The number of hydrogen-bond acceptors (Lipinski definition) is 0. The van der Waals surface area contributed by atoms with E-state index in [9.17, 15) is 8.78 Å². The number of halogens is 2. The average Bonchev–Trinajstić information content (AvgIpc) is 2.79. The number of hydrogen-bond donors (Lipinski definition) is 0. The maximum Gasteiger partial charge on any atom is 0.126 e. The van der Waals surface area contributed by atoms with Crippen molar-refractivity contribution in [3.8, 4) is 0 Å². The molecular formula is C27H38F2. The molecule has 0 N–H and O–H groups in total. The topological polar surface area (TPSA) is 0 Å². The van der Waals surface area contributed by atoms with Crippen LogP contribution in [0, 0.1) is 29.5 Å². The van der Waals surface area contributed by atoms with Gasteiger partial charge in [-0.3, -0.25) is 4.39 Å². The summed E-state index contributed by atoms with van der Waals surface area (Å²) >= 11 is 0. The van der Waals surface area contributed by atoms with Gasteiger partial charge in [-0.1, -0.05) is 18.2 Å². The Kier molecular flexibility index (Phi) is 7.08. The van der Waals surface area contributed by atoms with Crippen LogP contribution >= 0.6 is 0 Å². The molecule has 0 saturated heterocycles. The van der Waals surface area contributed by atoms with Gasteiger partial charge in [-0.15, -0.1) is 6.58 Å². The van der Waals surface area contributed by atoms with Crippen LogP contribution in [0.1, 0.15) is 100 Å². The Labute approximate surface area is 176 Å². The molecule has 0 amide bonds.